The maximum Gasteiger partial charge on any atom is 0.0919 e. The Balaban J connectivity index is 1.89. The van der Waals surface area contributed by atoms with Gasteiger partial charge in [-0.1, -0.05) is 30.7 Å². The smallest absolute Gasteiger partial charge is 0.0919 e. The van der Waals surface area contributed by atoms with Gasteiger partial charge in [0.2, 0.25) is 0 Å². The summed E-state index contributed by atoms with van der Waals surface area (Å²) < 4.78 is 0. The molecule has 0 spiro atoms. The first-order valence-electron chi connectivity index (χ1n) is 8.23. The van der Waals surface area contributed by atoms with Crippen LogP contribution in [0.25, 0.3) is 0 Å². The zero-order valence-corrected chi connectivity index (χ0v) is 14.0. The topological polar surface area (TPSA) is 26.7 Å². The highest BCUT2D eigenvalue weighted by Crippen LogP contribution is 2.21. The van der Waals surface area contributed by atoms with Crippen LogP contribution in [0, 0.1) is 13.8 Å². The molecule has 2 rings (SSSR count). The maximum atomic E-state index is 10.5. The molecular formula is C18H30N2O. The molecule has 0 aliphatic carbocycles. The number of nitrogens with zero attached hydrogens (tertiary/aromatic N) is 2. The Kier molecular flexibility index (Phi) is 5.80. The lowest BCUT2D eigenvalue weighted by Crippen LogP contribution is -2.50. The molecule has 1 saturated heterocycles. The van der Waals surface area contributed by atoms with Crippen molar-refractivity contribution in [2.24, 2.45) is 0 Å². The van der Waals surface area contributed by atoms with Crippen LogP contribution >= 0.6 is 0 Å². The summed E-state index contributed by atoms with van der Waals surface area (Å²) >= 11 is 0. The molecule has 0 saturated carbocycles. The van der Waals surface area contributed by atoms with E-state index < -0.39 is 0 Å². The van der Waals surface area contributed by atoms with Crippen molar-refractivity contribution in [1.29, 1.82) is 0 Å². The van der Waals surface area contributed by atoms with Crippen molar-refractivity contribution in [3.05, 3.63) is 34.9 Å². The molecule has 0 radical (unpaired) electrons. The normalized spacial score (nSPS) is 20.4. The minimum Gasteiger partial charge on any atom is -0.387 e. The lowest BCUT2D eigenvalue weighted by Gasteiger charge is -2.38. The molecule has 0 bridgehead atoms. The van der Waals surface area contributed by atoms with Gasteiger partial charge in [0.25, 0.3) is 0 Å². The fraction of sp³-hybridized carbons (Fsp3) is 0.667. The van der Waals surface area contributed by atoms with E-state index in [1.165, 1.54) is 17.5 Å². The average Bonchev–Trinajstić information content (AvgIpc) is 2.49. The minimum absolute atomic E-state index is 0.375. The minimum atomic E-state index is -0.375. The van der Waals surface area contributed by atoms with Crippen LogP contribution in [0.2, 0.25) is 0 Å². The molecule has 2 atom stereocenters. The highest BCUT2D eigenvalue weighted by atomic mass is 16.3. The fourth-order valence-corrected chi connectivity index (χ4v) is 3.11. The second-order valence-electron chi connectivity index (χ2n) is 6.47. The van der Waals surface area contributed by atoms with E-state index in [9.17, 15) is 5.11 Å². The number of aliphatic hydroxyl groups excluding tert-OH is 1. The molecule has 1 N–H and O–H groups in total. The quantitative estimate of drug-likeness (QED) is 0.903. The highest BCUT2D eigenvalue weighted by molar-refractivity contribution is 5.32. The molecule has 1 aliphatic rings. The summed E-state index contributed by atoms with van der Waals surface area (Å²) in [5, 5.41) is 10.5. The van der Waals surface area contributed by atoms with Crippen molar-refractivity contribution in [2.75, 3.05) is 32.7 Å². The van der Waals surface area contributed by atoms with Gasteiger partial charge < -0.3 is 5.11 Å². The van der Waals surface area contributed by atoms with Gasteiger partial charge >= 0.3 is 0 Å². The van der Waals surface area contributed by atoms with Crippen LogP contribution in [0.5, 0.6) is 0 Å². The zero-order valence-electron chi connectivity index (χ0n) is 14.0. The van der Waals surface area contributed by atoms with Crippen molar-refractivity contribution in [3.63, 3.8) is 0 Å². The van der Waals surface area contributed by atoms with Crippen LogP contribution in [0.4, 0.5) is 0 Å². The molecule has 21 heavy (non-hydrogen) atoms. The van der Waals surface area contributed by atoms with Crippen molar-refractivity contribution in [3.8, 4) is 0 Å². The SMILES string of the molecule is CCC(C)N1CCN(CC(O)c2cc(C)ccc2C)CC1. The molecule has 0 aromatic heterocycles. The molecule has 1 aromatic carbocycles. The Hall–Kier alpha value is -0.900. The van der Waals surface area contributed by atoms with Gasteiger partial charge in [-0.2, -0.15) is 0 Å². The summed E-state index contributed by atoms with van der Waals surface area (Å²) in [7, 11) is 0. The van der Waals surface area contributed by atoms with Crippen LogP contribution in [0.3, 0.4) is 0 Å². The van der Waals surface area contributed by atoms with E-state index in [0.29, 0.717) is 6.04 Å². The molecule has 2 unspecified atom stereocenters. The monoisotopic (exact) mass is 290 g/mol. The third kappa shape index (κ3) is 4.29. The fourth-order valence-electron chi connectivity index (χ4n) is 3.11. The van der Waals surface area contributed by atoms with Crippen molar-refractivity contribution in [2.45, 2.75) is 46.3 Å². The van der Waals surface area contributed by atoms with Crippen LogP contribution in [-0.4, -0.2) is 53.7 Å². The van der Waals surface area contributed by atoms with E-state index in [1.54, 1.807) is 0 Å². The third-order valence-corrected chi connectivity index (χ3v) is 4.85. The maximum absolute atomic E-state index is 10.5. The summed E-state index contributed by atoms with van der Waals surface area (Å²) in [5.74, 6) is 0. The van der Waals surface area contributed by atoms with Gasteiger partial charge in [-0.05, 0) is 38.3 Å². The number of hydrogen-bond donors (Lipinski definition) is 1. The third-order valence-electron chi connectivity index (χ3n) is 4.85. The second-order valence-corrected chi connectivity index (χ2v) is 6.47. The number of benzene rings is 1. The lowest BCUT2D eigenvalue weighted by molar-refractivity contribution is 0.0582. The van der Waals surface area contributed by atoms with Crippen LogP contribution in [0.15, 0.2) is 18.2 Å². The van der Waals surface area contributed by atoms with Crippen molar-refractivity contribution in [1.82, 2.24) is 9.80 Å². The Bertz CT molecular complexity index is 453. The largest absolute Gasteiger partial charge is 0.387 e. The molecule has 3 heteroatoms. The van der Waals surface area contributed by atoms with E-state index in [4.69, 9.17) is 0 Å². The molecule has 1 heterocycles. The average molecular weight is 290 g/mol. The van der Waals surface area contributed by atoms with E-state index in [-0.39, 0.29) is 6.10 Å². The molecule has 1 aliphatic heterocycles. The van der Waals surface area contributed by atoms with Gasteiger partial charge in [0, 0.05) is 38.8 Å². The summed E-state index contributed by atoms with van der Waals surface area (Å²) in [4.78, 5) is 4.95. The molecule has 1 aromatic rings. The standard InChI is InChI=1S/C18H30N2O/c1-5-16(4)20-10-8-19(9-11-20)13-18(21)17-12-14(2)6-7-15(17)3/h6-7,12,16,18,21H,5,8-11,13H2,1-4H3. The first-order chi connectivity index (χ1) is 10.0. The molecule has 118 valence electrons. The van der Waals surface area contributed by atoms with Crippen molar-refractivity contribution < 1.29 is 5.11 Å². The molecule has 0 amide bonds. The number of hydrogen-bond acceptors (Lipinski definition) is 3. The number of aliphatic hydroxyl groups is 1. The lowest BCUT2D eigenvalue weighted by atomic mass is 10.0. The Labute approximate surface area is 129 Å². The number of aryl methyl sites for hydroxylation is 2. The Morgan fingerprint density at radius 2 is 1.81 bits per heavy atom. The zero-order chi connectivity index (χ0) is 15.4. The van der Waals surface area contributed by atoms with Gasteiger partial charge in [-0.3, -0.25) is 9.80 Å². The summed E-state index contributed by atoms with van der Waals surface area (Å²) in [5.41, 5.74) is 3.49. The molecule has 1 fully saturated rings. The van der Waals surface area contributed by atoms with E-state index in [0.717, 1.165) is 38.3 Å². The number of piperazine rings is 1. The Morgan fingerprint density at radius 3 is 2.43 bits per heavy atom. The van der Waals surface area contributed by atoms with Crippen LogP contribution in [-0.2, 0) is 0 Å². The first-order valence-corrected chi connectivity index (χ1v) is 8.23. The van der Waals surface area contributed by atoms with Gasteiger partial charge in [-0.15, -0.1) is 0 Å². The number of rotatable bonds is 5. The van der Waals surface area contributed by atoms with Gasteiger partial charge in [0.05, 0.1) is 6.10 Å². The number of β-amino-alcohol motifs (C(OH)–C–C–N with tert-alkyl or cyclic N) is 1. The van der Waals surface area contributed by atoms with Crippen LogP contribution < -0.4 is 0 Å². The second kappa shape index (κ2) is 7.39. The van der Waals surface area contributed by atoms with Crippen LogP contribution in [0.1, 0.15) is 43.1 Å². The Morgan fingerprint density at radius 1 is 1.14 bits per heavy atom. The van der Waals surface area contributed by atoms with Gasteiger partial charge in [-0.25, -0.2) is 0 Å². The predicted molar refractivity (Wildman–Crippen MR) is 88.6 cm³/mol. The van der Waals surface area contributed by atoms with E-state index in [2.05, 4.69) is 55.7 Å². The molecule has 3 nitrogen and oxygen atoms in total. The van der Waals surface area contributed by atoms with E-state index in [1.807, 2.05) is 0 Å². The summed E-state index contributed by atoms with van der Waals surface area (Å²) in [6.07, 6.45) is 0.838. The summed E-state index contributed by atoms with van der Waals surface area (Å²) in [6, 6.07) is 7.01. The van der Waals surface area contributed by atoms with Gasteiger partial charge in [0.15, 0.2) is 0 Å². The first kappa shape index (κ1) is 16.5. The molecular weight excluding hydrogens is 260 g/mol. The highest BCUT2D eigenvalue weighted by Gasteiger charge is 2.22. The predicted octanol–water partition coefficient (Wildman–Crippen LogP) is 2.75. The summed E-state index contributed by atoms with van der Waals surface area (Å²) in [6.45, 7) is 13.8. The van der Waals surface area contributed by atoms with Gasteiger partial charge in [0.1, 0.15) is 0 Å². The van der Waals surface area contributed by atoms with Crippen molar-refractivity contribution >= 4 is 0 Å². The van der Waals surface area contributed by atoms with E-state index >= 15 is 0 Å².